The van der Waals surface area contributed by atoms with Crippen molar-refractivity contribution >= 4 is 26.7 Å². The lowest BCUT2D eigenvalue weighted by Crippen LogP contribution is -2.27. The van der Waals surface area contributed by atoms with E-state index in [4.69, 9.17) is 5.10 Å². The van der Waals surface area contributed by atoms with Crippen LogP contribution in [0.1, 0.15) is 18.0 Å². The van der Waals surface area contributed by atoms with Gasteiger partial charge in [0.1, 0.15) is 5.69 Å². The number of hydrogen-bond donors (Lipinski definition) is 1. The van der Waals surface area contributed by atoms with E-state index in [-0.39, 0.29) is 11.6 Å². The number of pyridine rings is 2. The third-order valence-electron chi connectivity index (χ3n) is 5.21. The number of fused-ring (bicyclic) bond motifs is 2. The van der Waals surface area contributed by atoms with E-state index in [2.05, 4.69) is 9.97 Å². The number of sulfonamides is 1. The highest BCUT2D eigenvalue weighted by molar-refractivity contribution is 7.88. The Hall–Kier alpha value is -2.98. The lowest BCUT2D eigenvalue weighted by atomic mass is 10.0. The molecule has 0 spiro atoms. The quantitative estimate of drug-likeness (QED) is 0.557. The Balaban J connectivity index is 1.76. The molecule has 1 aliphatic heterocycles. The molecule has 9 nitrogen and oxygen atoms in total. The summed E-state index contributed by atoms with van der Waals surface area (Å²) in [6, 6.07) is 9.20. The standard InChI is InChI=1S/C18H18N6O3S/c1-28(26,27)22-10-7-12(11-22)15-16(14-6-2-3-9-23(14)21-15)24-17-13(20-18(24)25)5-4-8-19-17/h2-6,8-9,12H,7,10-11H2,1H3,(H,20,25). The second-order valence-corrected chi connectivity index (χ2v) is 8.99. The van der Waals surface area contributed by atoms with Crippen LogP contribution < -0.4 is 5.69 Å². The Labute approximate surface area is 160 Å². The first kappa shape index (κ1) is 17.1. The van der Waals surface area contributed by atoms with E-state index < -0.39 is 10.0 Å². The summed E-state index contributed by atoms with van der Waals surface area (Å²) in [5.74, 6) is -0.106. The van der Waals surface area contributed by atoms with Crippen LogP contribution in [0.5, 0.6) is 0 Å². The summed E-state index contributed by atoms with van der Waals surface area (Å²) in [5, 5.41) is 4.71. The van der Waals surface area contributed by atoms with Crippen molar-refractivity contribution in [1.29, 1.82) is 0 Å². The highest BCUT2D eigenvalue weighted by Gasteiger charge is 2.34. The number of rotatable bonds is 3. The van der Waals surface area contributed by atoms with Gasteiger partial charge in [-0.05, 0) is 30.7 Å². The molecule has 5 rings (SSSR count). The van der Waals surface area contributed by atoms with Crippen molar-refractivity contribution in [1.82, 2.24) is 28.5 Å². The number of aromatic amines is 1. The minimum Gasteiger partial charge on any atom is -0.304 e. The van der Waals surface area contributed by atoms with Gasteiger partial charge in [-0.15, -0.1) is 0 Å². The Morgan fingerprint density at radius 3 is 2.86 bits per heavy atom. The fourth-order valence-electron chi connectivity index (χ4n) is 3.91. The van der Waals surface area contributed by atoms with Gasteiger partial charge in [-0.25, -0.2) is 31.6 Å². The van der Waals surface area contributed by atoms with Crippen LogP contribution in [0.2, 0.25) is 0 Å². The molecule has 0 bridgehead atoms. The van der Waals surface area contributed by atoms with Crippen molar-refractivity contribution in [3.63, 3.8) is 0 Å². The van der Waals surface area contributed by atoms with E-state index in [0.29, 0.717) is 42.1 Å². The zero-order valence-corrected chi connectivity index (χ0v) is 15.9. The van der Waals surface area contributed by atoms with Crippen LogP contribution in [0.4, 0.5) is 0 Å². The summed E-state index contributed by atoms with van der Waals surface area (Å²) in [5.41, 5.74) is 2.97. The Bertz CT molecular complexity index is 1370. The highest BCUT2D eigenvalue weighted by atomic mass is 32.2. The second kappa shape index (κ2) is 6.01. The number of aromatic nitrogens is 5. The van der Waals surface area contributed by atoms with Crippen LogP contribution in [-0.2, 0) is 10.0 Å². The number of hydrogen-bond acceptors (Lipinski definition) is 5. The summed E-state index contributed by atoms with van der Waals surface area (Å²) in [6.07, 6.45) is 5.32. The number of H-pyrrole nitrogens is 1. The molecule has 4 aromatic rings. The molecule has 1 N–H and O–H groups in total. The summed E-state index contributed by atoms with van der Waals surface area (Å²) >= 11 is 0. The lowest BCUT2D eigenvalue weighted by molar-refractivity contribution is 0.477. The molecule has 0 aliphatic carbocycles. The summed E-state index contributed by atoms with van der Waals surface area (Å²) in [6.45, 7) is 0.790. The van der Waals surface area contributed by atoms with E-state index >= 15 is 0 Å². The van der Waals surface area contributed by atoms with Gasteiger partial charge >= 0.3 is 5.69 Å². The van der Waals surface area contributed by atoms with Gasteiger partial charge in [-0.2, -0.15) is 5.10 Å². The first-order valence-corrected chi connectivity index (χ1v) is 10.8. The molecule has 5 heterocycles. The average Bonchev–Trinajstić information content (AvgIpc) is 3.35. The normalized spacial score (nSPS) is 18.4. The molecule has 10 heteroatoms. The van der Waals surface area contributed by atoms with Crippen molar-refractivity contribution in [3.8, 4) is 5.69 Å². The van der Waals surface area contributed by atoms with E-state index in [1.54, 1.807) is 22.8 Å². The molecule has 0 saturated carbocycles. The number of imidazole rings is 1. The SMILES string of the molecule is CS(=O)(=O)N1CCC(c2nn3ccccc3c2-n2c(=O)[nH]c3cccnc32)C1. The molecule has 0 amide bonds. The molecule has 1 fully saturated rings. The predicted molar refractivity (Wildman–Crippen MR) is 104 cm³/mol. The van der Waals surface area contributed by atoms with Crippen LogP contribution in [0, 0.1) is 0 Å². The molecule has 0 radical (unpaired) electrons. The van der Waals surface area contributed by atoms with Crippen LogP contribution in [0.15, 0.2) is 47.5 Å². The molecule has 1 unspecified atom stereocenters. The maximum atomic E-state index is 12.8. The second-order valence-electron chi connectivity index (χ2n) is 7.01. The average molecular weight is 398 g/mol. The molecule has 1 saturated heterocycles. The van der Waals surface area contributed by atoms with Gasteiger partial charge in [-0.1, -0.05) is 6.07 Å². The van der Waals surface area contributed by atoms with Crippen LogP contribution in [0.25, 0.3) is 22.4 Å². The van der Waals surface area contributed by atoms with Crippen LogP contribution >= 0.6 is 0 Å². The molecule has 28 heavy (non-hydrogen) atoms. The number of nitrogens with zero attached hydrogens (tertiary/aromatic N) is 5. The van der Waals surface area contributed by atoms with Gasteiger partial charge in [-0.3, -0.25) is 0 Å². The third-order valence-corrected chi connectivity index (χ3v) is 6.48. The molecular formula is C18H18N6O3S. The first-order chi connectivity index (χ1) is 13.4. The largest absolute Gasteiger partial charge is 0.332 e. The molecule has 1 atom stereocenters. The predicted octanol–water partition coefficient (Wildman–Crippen LogP) is 1.11. The minimum absolute atomic E-state index is 0.106. The van der Waals surface area contributed by atoms with Gasteiger partial charge in [0.2, 0.25) is 10.0 Å². The maximum absolute atomic E-state index is 12.8. The van der Waals surface area contributed by atoms with Crippen molar-refractivity contribution in [3.05, 3.63) is 58.9 Å². The Morgan fingerprint density at radius 2 is 2.07 bits per heavy atom. The van der Waals surface area contributed by atoms with Crippen LogP contribution in [-0.4, -0.2) is 56.2 Å². The monoisotopic (exact) mass is 398 g/mol. The molecule has 4 aromatic heterocycles. The van der Waals surface area contributed by atoms with E-state index in [1.165, 1.54) is 15.1 Å². The van der Waals surface area contributed by atoms with Gasteiger partial charge in [0.25, 0.3) is 0 Å². The zero-order chi connectivity index (χ0) is 19.5. The fraction of sp³-hybridized carbons (Fsp3) is 0.278. The molecular weight excluding hydrogens is 380 g/mol. The lowest BCUT2D eigenvalue weighted by Gasteiger charge is -2.13. The van der Waals surface area contributed by atoms with E-state index in [9.17, 15) is 13.2 Å². The smallest absolute Gasteiger partial charge is 0.304 e. The summed E-state index contributed by atoms with van der Waals surface area (Å²) in [7, 11) is -3.27. The topological polar surface area (TPSA) is 105 Å². The first-order valence-electron chi connectivity index (χ1n) is 8.92. The summed E-state index contributed by atoms with van der Waals surface area (Å²) in [4.78, 5) is 20.0. The van der Waals surface area contributed by atoms with Gasteiger partial charge in [0, 0.05) is 31.4 Å². The maximum Gasteiger partial charge on any atom is 0.332 e. The minimum atomic E-state index is -3.27. The van der Waals surface area contributed by atoms with Crippen molar-refractivity contribution in [2.24, 2.45) is 0 Å². The summed E-state index contributed by atoms with van der Waals surface area (Å²) < 4.78 is 28.6. The highest BCUT2D eigenvalue weighted by Crippen LogP contribution is 2.34. The number of nitrogens with one attached hydrogen (secondary N) is 1. The van der Waals surface area contributed by atoms with Crippen molar-refractivity contribution in [2.45, 2.75) is 12.3 Å². The Morgan fingerprint density at radius 1 is 1.21 bits per heavy atom. The fourth-order valence-corrected chi connectivity index (χ4v) is 4.80. The van der Waals surface area contributed by atoms with E-state index in [0.717, 1.165) is 5.52 Å². The van der Waals surface area contributed by atoms with E-state index in [1.807, 2.05) is 24.4 Å². The molecule has 0 aromatic carbocycles. The van der Waals surface area contributed by atoms with Gasteiger partial charge < -0.3 is 4.98 Å². The van der Waals surface area contributed by atoms with Crippen molar-refractivity contribution in [2.75, 3.05) is 19.3 Å². The van der Waals surface area contributed by atoms with Crippen molar-refractivity contribution < 1.29 is 8.42 Å². The third kappa shape index (κ3) is 2.56. The molecule has 1 aliphatic rings. The molecule has 144 valence electrons. The van der Waals surface area contributed by atoms with Crippen LogP contribution in [0.3, 0.4) is 0 Å². The Kier molecular flexibility index (Phi) is 3.68. The van der Waals surface area contributed by atoms with Gasteiger partial charge in [0.15, 0.2) is 5.65 Å². The zero-order valence-electron chi connectivity index (χ0n) is 15.1. The van der Waals surface area contributed by atoms with Gasteiger partial charge in [0.05, 0.1) is 23.0 Å².